The first-order chi connectivity index (χ1) is 8.47. The van der Waals surface area contributed by atoms with Crippen LogP contribution in [-0.2, 0) is 4.79 Å². The highest BCUT2D eigenvalue weighted by molar-refractivity contribution is 5.67. The van der Waals surface area contributed by atoms with Crippen LogP contribution in [0.3, 0.4) is 0 Å². The minimum atomic E-state index is -0.827. The van der Waals surface area contributed by atoms with Crippen molar-refractivity contribution in [2.75, 3.05) is 23.7 Å². The van der Waals surface area contributed by atoms with Gasteiger partial charge in [-0.1, -0.05) is 13.8 Å². The maximum Gasteiger partial charge on any atom is 0.305 e. The van der Waals surface area contributed by atoms with Crippen molar-refractivity contribution in [1.29, 1.82) is 0 Å². The van der Waals surface area contributed by atoms with Gasteiger partial charge in [-0.25, -0.2) is 9.97 Å². The minimum absolute atomic E-state index is 0.0673. The number of hydrogen-bond donors (Lipinski definition) is 3. The second kappa shape index (κ2) is 6.78. The molecule has 1 heterocycles. The maximum absolute atomic E-state index is 10.4. The van der Waals surface area contributed by atoms with Gasteiger partial charge in [0.2, 0.25) is 0 Å². The Kier molecular flexibility index (Phi) is 5.35. The summed E-state index contributed by atoms with van der Waals surface area (Å²) >= 11 is 0. The van der Waals surface area contributed by atoms with Gasteiger partial charge < -0.3 is 15.7 Å². The molecule has 0 spiro atoms. The molecule has 3 N–H and O–H groups in total. The molecule has 0 aromatic carbocycles. The van der Waals surface area contributed by atoms with Gasteiger partial charge in [-0.2, -0.15) is 0 Å². The van der Waals surface area contributed by atoms with Gasteiger partial charge in [0.1, 0.15) is 17.5 Å². The van der Waals surface area contributed by atoms with Gasteiger partial charge in [-0.15, -0.1) is 0 Å². The first kappa shape index (κ1) is 14.2. The number of hydrogen-bond acceptors (Lipinski definition) is 5. The molecule has 0 unspecified atom stereocenters. The zero-order valence-corrected chi connectivity index (χ0v) is 11.0. The molecule has 1 rings (SSSR count). The summed E-state index contributed by atoms with van der Waals surface area (Å²) < 4.78 is 0. The van der Waals surface area contributed by atoms with Crippen molar-refractivity contribution in [2.24, 2.45) is 5.92 Å². The molecule has 0 radical (unpaired) electrons. The Bertz CT molecular complexity index is 407. The van der Waals surface area contributed by atoms with E-state index in [-0.39, 0.29) is 6.42 Å². The van der Waals surface area contributed by atoms with Gasteiger partial charge in [0.25, 0.3) is 0 Å². The Morgan fingerprint density at radius 1 is 1.33 bits per heavy atom. The van der Waals surface area contributed by atoms with E-state index in [9.17, 15) is 4.79 Å². The van der Waals surface area contributed by atoms with Crippen LogP contribution >= 0.6 is 0 Å². The molecule has 0 saturated carbocycles. The monoisotopic (exact) mass is 252 g/mol. The lowest BCUT2D eigenvalue weighted by Gasteiger charge is -2.11. The van der Waals surface area contributed by atoms with Crippen LogP contribution < -0.4 is 10.6 Å². The number of carboxylic acids is 1. The fourth-order valence-corrected chi connectivity index (χ4v) is 1.36. The molecule has 18 heavy (non-hydrogen) atoms. The van der Waals surface area contributed by atoms with E-state index in [0.29, 0.717) is 24.1 Å². The molecule has 6 nitrogen and oxygen atoms in total. The Morgan fingerprint density at radius 3 is 2.50 bits per heavy atom. The average Bonchev–Trinajstić information content (AvgIpc) is 2.25. The molecule has 0 aliphatic heterocycles. The third-order valence-corrected chi connectivity index (χ3v) is 2.17. The molecular formula is C12H20N4O2. The van der Waals surface area contributed by atoms with Crippen LogP contribution in [0.4, 0.5) is 11.6 Å². The minimum Gasteiger partial charge on any atom is -0.481 e. The summed E-state index contributed by atoms with van der Waals surface area (Å²) in [4.78, 5) is 18.9. The van der Waals surface area contributed by atoms with E-state index < -0.39 is 5.97 Å². The summed E-state index contributed by atoms with van der Waals surface area (Å²) in [5.41, 5.74) is 0. The normalized spacial score (nSPS) is 10.4. The van der Waals surface area contributed by atoms with Gasteiger partial charge in [0.05, 0.1) is 6.42 Å². The molecule has 6 heteroatoms. The third kappa shape index (κ3) is 5.47. The van der Waals surface area contributed by atoms with Crippen molar-refractivity contribution in [3.63, 3.8) is 0 Å². The molecule has 0 aliphatic rings. The van der Waals surface area contributed by atoms with Crippen LogP contribution in [-0.4, -0.2) is 34.1 Å². The SMILES string of the molecule is Cc1nc(NCCC(=O)O)cc(NCC(C)C)n1. The third-order valence-electron chi connectivity index (χ3n) is 2.17. The van der Waals surface area contributed by atoms with E-state index in [0.717, 1.165) is 12.4 Å². The lowest BCUT2D eigenvalue weighted by Crippen LogP contribution is -2.12. The first-order valence-corrected chi connectivity index (χ1v) is 6.02. The molecule has 0 saturated heterocycles. The largest absolute Gasteiger partial charge is 0.481 e. The van der Waals surface area contributed by atoms with E-state index in [1.807, 2.05) is 6.92 Å². The van der Waals surface area contributed by atoms with Crippen molar-refractivity contribution in [1.82, 2.24) is 9.97 Å². The Labute approximate surface area is 107 Å². The van der Waals surface area contributed by atoms with Crippen molar-refractivity contribution < 1.29 is 9.90 Å². The van der Waals surface area contributed by atoms with Crippen molar-refractivity contribution in [2.45, 2.75) is 27.2 Å². The van der Waals surface area contributed by atoms with Crippen molar-refractivity contribution in [3.05, 3.63) is 11.9 Å². The van der Waals surface area contributed by atoms with E-state index in [1.54, 1.807) is 6.07 Å². The quantitative estimate of drug-likeness (QED) is 0.685. The summed E-state index contributed by atoms with van der Waals surface area (Å²) in [5.74, 6) is 1.76. The summed E-state index contributed by atoms with van der Waals surface area (Å²) in [6.07, 6.45) is 0.0673. The number of carbonyl (C=O) groups is 1. The van der Waals surface area contributed by atoms with Crippen LogP contribution in [0.5, 0.6) is 0 Å². The fourth-order valence-electron chi connectivity index (χ4n) is 1.36. The van der Waals surface area contributed by atoms with Gasteiger partial charge in [-0.3, -0.25) is 4.79 Å². The smallest absolute Gasteiger partial charge is 0.305 e. The lowest BCUT2D eigenvalue weighted by molar-refractivity contribution is -0.136. The van der Waals surface area contributed by atoms with Gasteiger partial charge in [0.15, 0.2) is 0 Å². The molecule has 1 aromatic heterocycles. The molecule has 0 aliphatic carbocycles. The molecule has 0 bridgehead atoms. The summed E-state index contributed by atoms with van der Waals surface area (Å²) in [5, 5.41) is 14.8. The topological polar surface area (TPSA) is 87.1 Å². The standard InChI is InChI=1S/C12H20N4O2/c1-8(2)7-14-11-6-10(15-9(3)16-11)13-5-4-12(17)18/h6,8H,4-5,7H2,1-3H3,(H,17,18)(H2,13,14,15,16). The lowest BCUT2D eigenvalue weighted by atomic mass is 10.2. The molecule has 100 valence electrons. The average molecular weight is 252 g/mol. The zero-order chi connectivity index (χ0) is 13.5. The number of nitrogens with one attached hydrogen (secondary N) is 2. The van der Waals surface area contributed by atoms with E-state index in [1.165, 1.54) is 0 Å². The van der Waals surface area contributed by atoms with Crippen LogP contribution in [0.2, 0.25) is 0 Å². The van der Waals surface area contributed by atoms with Gasteiger partial charge in [0, 0.05) is 19.2 Å². The van der Waals surface area contributed by atoms with E-state index >= 15 is 0 Å². The predicted molar refractivity (Wildman–Crippen MR) is 70.8 cm³/mol. The number of nitrogens with zero attached hydrogens (tertiary/aromatic N) is 2. The maximum atomic E-state index is 10.4. The summed E-state index contributed by atoms with van der Waals surface area (Å²) in [6, 6.07) is 1.79. The number of aryl methyl sites for hydroxylation is 1. The molecule has 0 amide bonds. The van der Waals surface area contributed by atoms with Crippen molar-refractivity contribution in [3.8, 4) is 0 Å². The highest BCUT2D eigenvalue weighted by Crippen LogP contribution is 2.11. The Hall–Kier alpha value is -1.85. The van der Waals surface area contributed by atoms with Crippen LogP contribution in [0.15, 0.2) is 6.07 Å². The molecule has 1 aromatic rings. The number of carboxylic acid groups (broad SMARTS) is 1. The molecular weight excluding hydrogens is 232 g/mol. The molecule has 0 atom stereocenters. The zero-order valence-electron chi connectivity index (χ0n) is 11.0. The van der Waals surface area contributed by atoms with Crippen LogP contribution in [0, 0.1) is 12.8 Å². The number of aromatic nitrogens is 2. The van der Waals surface area contributed by atoms with E-state index in [2.05, 4.69) is 34.4 Å². The highest BCUT2D eigenvalue weighted by atomic mass is 16.4. The number of anilines is 2. The Morgan fingerprint density at radius 2 is 1.94 bits per heavy atom. The summed E-state index contributed by atoms with van der Waals surface area (Å²) in [6.45, 7) is 7.24. The second-order valence-corrected chi connectivity index (χ2v) is 4.53. The first-order valence-electron chi connectivity index (χ1n) is 6.02. The van der Waals surface area contributed by atoms with Crippen LogP contribution in [0.25, 0.3) is 0 Å². The Balaban J connectivity index is 2.59. The fraction of sp³-hybridized carbons (Fsp3) is 0.583. The van der Waals surface area contributed by atoms with E-state index in [4.69, 9.17) is 5.11 Å². The summed E-state index contributed by atoms with van der Waals surface area (Å²) in [7, 11) is 0. The van der Waals surface area contributed by atoms with Crippen LogP contribution in [0.1, 0.15) is 26.1 Å². The number of rotatable bonds is 7. The van der Waals surface area contributed by atoms with Gasteiger partial charge in [-0.05, 0) is 12.8 Å². The second-order valence-electron chi connectivity index (χ2n) is 4.53. The van der Waals surface area contributed by atoms with Gasteiger partial charge >= 0.3 is 5.97 Å². The highest BCUT2D eigenvalue weighted by Gasteiger charge is 2.03. The number of aliphatic carboxylic acids is 1. The predicted octanol–water partition coefficient (Wildman–Crippen LogP) is 1.74. The van der Waals surface area contributed by atoms with Crippen molar-refractivity contribution >= 4 is 17.6 Å². The molecule has 0 fully saturated rings.